The zero-order valence-electron chi connectivity index (χ0n) is 17.6. The van der Waals surface area contributed by atoms with Gasteiger partial charge in [0.1, 0.15) is 6.04 Å². The molecule has 0 fully saturated rings. The van der Waals surface area contributed by atoms with E-state index in [1.165, 1.54) is 4.31 Å². The first kappa shape index (κ1) is 23.2. The molecule has 2 aromatic carbocycles. The molecule has 2 atom stereocenters. The number of amides is 1. The van der Waals surface area contributed by atoms with Gasteiger partial charge in [-0.3, -0.25) is 9.10 Å². The Balaban J connectivity index is 2.36. The van der Waals surface area contributed by atoms with Gasteiger partial charge in [0.2, 0.25) is 15.9 Å². The van der Waals surface area contributed by atoms with Crippen molar-refractivity contribution in [3.8, 4) is 0 Å². The highest BCUT2D eigenvalue weighted by atomic mass is 35.5. The van der Waals surface area contributed by atoms with Gasteiger partial charge in [0.05, 0.1) is 18.0 Å². The minimum Gasteiger partial charge on any atom is -0.347 e. The fourth-order valence-electron chi connectivity index (χ4n) is 3.53. The maximum Gasteiger partial charge on any atom is 0.244 e. The number of hydrogen-bond donors (Lipinski definition) is 1. The lowest BCUT2D eigenvalue weighted by molar-refractivity contribution is -0.123. The first-order valence-corrected chi connectivity index (χ1v) is 11.9. The summed E-state index contributed by atoms with van der Waals surface area (Å²) in [6, 6.07) is 11.5. The highest BCUT2D eigenvalue weighted by molar-refractivity contribution is 7.92. The zero-order chi connectivity index (χ0) is 21.8. The van der Waals surface area contributed by atoms with E-state index in [0.717, 1.165) is 22.9 Å². The summed E-state index contributed by atoms with van der Waals surface area (Å²) in [5, 5.41) is 3.56. The molecule has 2 unspecified atom stereocenters. The summed E-state index contributed by atoms with van der Waals surface area (Å²) in [7, 11) is -3.68. The summed E-state index contributed by atoms with van der Waals surface area (Å²) >= 11 is 5.94. The van der Waals surface area contributed by atoms with Crippen molar-refractivity contribution in [3.05, 3.63) is 64.2 Å². The van der Waals surface area contributed by atoms with Gasteiger partial charge in [-0.2, -0.15) is 0 Å². The van der Waals surface area contributed by atoms with E-state index in [0.29, 0.717) is 23.6 Å². The highest BCUT2D eigenvalue weighted by Gasteiger charge is 2.32. The van der Waals surface area contributed by atoms with Crippen molar-refractivity contribution in [2.75, 3.05) is 10.6 Å². The number of sulfonamides is 1. The molecular weight excluding hydrogens is 408 g/mol. The van der Waals surface area contributed by atoms with Crippen LogP contribution in [0.2, 0.25) is 5.02 Å². The van der Waals surface area contributed by atoms with Crippen LogP contribution in [-0.2, 0) is 14.8 Å². The lowest BCUT2D eigenvalue weighted by Gasteiger charge is -2.31. The monoisotopic (exact) mass is 436 g/mol. The van der Waals surface area contributed by atoms with Crippen LogP contribution in [0.5, 0.6) is 0 Å². The van der Waals surface area contributed by atoms with Gasteiger partial charge in [0.25, 0.3) is 0 Å². The van der Waals surface area contributed by atoms with Crippen LogP contribution in [0.4, 0.5) is 5.69 Å². The van der Waals surface area contributed by atoms with Gasteiger partial charge >= 0.3 is 0 Å². The van der Waals surface area contributed by atoms with Gasteiger partial charge in [-0.15, -0.1) is 0 Å². The van der Waals surface area contributed by atoms with E-state index in [1.807, 2.05) is 32.9 Å². The normalized spacial score (nSPS) is 13.6. The Kier molecular flexibility index (Phi) is 7.72. The van der Waals surface area contributed by atoms with Crippen molar-refractivity contribution in [2.24, 2.45) is 0 Å². The molecule has 0 aliphatic carbocycles. The zero-order valence-corrected chi connectivity index (χ0v) is 19.1. The summed E-state index contributed by atoms with van der Waals surface area (Å²) < 4.78 is 26.3. The second-order valence-electron chi connectivity index (χ2n) is 7.29. The fraction of sp³-hybridized carbons (Fsp3) is 0.409. The van der Waals surface area contributed by atoms with Gasteiger partial charge in [0, 0.05) is 5.02 Å². The Hall–Kier alpha value is -2.05. The van der Waals surface area contributed by atoms with Crippen molar-refractivity contribution in [3.63, 3.8) is 0 Å². The first-order valence-electron chi connectivity index (χ1n) is 9.71. The summed E-state index contributed by atoms with van der Waals surface area (Å²) in [5.74, 6) is -0.320. The topological polar surface area (TPSA) is 66.5 Å². The second-order valence-corrected chi connectivity index (χ2v) is 9.58. The Morgan fingerprint density at radius 1 is 1.07 bits per heavy atom. The number of rotatable bonds is 8. The molecular formula is C22H29ClN2O3S. The Morgan fingerprint density at radius 3 is 2.17 bits per heavy atom. The molecule has 0 aliphatic rings. The van der Waals surface area contributed by atoms with E-state index < -0.39 is 16.1 Å². The summed E-state index contributed by atoms with van der Waals surface area (Å²) in [6.45, 7) is 7.85. The van der Waals surface area contributed by atoms with Crippen LogP contribution in [0.3, 0.4) is 0 Å². The number of halogens is 1. The molecule has 7 heteroatoms. The SMILES string of the molecule is CCC(NC(=O)C(CC)N(c1ccc(Cl)cc1)S(C)(=O)=O)c1ccc(C)cc1C. The first-order chi connectivity index (χ1) is 13.6. The molecule has 0 radical (unpaired) electrons. The molecule has 1 amide bonds. The van der Waals surface area contributed by atoms with Crippen molar-refractivity contribution in [1.82, 2.24) is 5.32 Å². The molecule has 0 spiro atoms. The molecule has 0 heterocycles. The molecule has 2 aromatic rings. The fourth-order valence-corrected chi connectivity index (χ4v) is 4.87. The van der Waals surface area contributed by atoms with Crippen LogP contribution in [0, 0.1) is 13.8 Å². The summed E-state index contributed by atoms with van der Waals surface area (Å²) in [5.41, 5.74) is 3.71. The number of anilines is 1. The Morgan fingerprint density at radius 2 is 1.69 bits per heavy atom. The number of aryl methyl sites for hydroxylation is 2. The number of hydrogen-bond acceptors (Lipinski definition) is 3. The second kappa shape index (κ2) is 9.63. The molecule has 0 aromatic heterocycles. The third kappa shape index (κ3) is 5.73. The molecule has 2 rings (SSSR count). The van der Waals surface area contributed by atoms with E-state index in [-0.39, 0.29) is 11.9 Å². The van der Waals surface area contributed by atoms with Crippen molar-refractivity contribution < 1.29 is 13.2 Å². The maximum atomic E-state index is 13.2. The van der Waals surface area contributed by atoms with E-state index in [1.54, 1.807) is 31.2 Å². The average molecular weight is 437 g/mol. The molecule has 158 valence electrons. The smallest absolute Gasteiger partial charge is 0.244 e. The largest absolute Gasteiger partial charge is 0.347 e. The van der Waals surface area contributed by atoms with Crippen LogP contribution >= 0.6 is 11.6 Å². The quantitative estimate of drug-likeness (QED) is 0.648. The standard InChI is InChI=1S/C22H29ClN2O3S/c1-6-20(19-13-8-15(3)14-16(19)4)24-22(26)21(7-2)25(29(5,27)28)18-11-9-17(23)10-12-18/h8-14,20-21H,6-7H2,1-5H3,(H,24,26). The van der Waals surface area contributed by atoms with Gasteiger partial charge in [0.15, 0.2) is 0 Å². The number of nitrogens with zero attached hydrogens (tertiary/aromatic N) is 1. The predicted octanol–water partition coefficient (Wildman–Crippen LogP) is 4.77. The minimum absolute atomic E-state index is 0.191. The molecule has 0 aliphatic heterocycles. The molecule has 29 heavy (non-hydrogen) atoms. The third-order valence-corrected chi connectivity index (χ3v) is 6.37. The molecule has 0 bridgehead atoms. The minimum atomic E-state index is -3.68. The highest BCUT2D eigenvalue weighted by Crippen LogP contribution is 2.26. The van der Waals surface area contributed by atoms with Crippen LogP contribution in [0.15, 0.2) is 42.5 Å². The molecule has 0 saturated carbocycles. The van der Waals surface area contributed by atoms with E-state index in [9.17, 15) is 13.2 Å². The van der Waals surface area contributed by atoms with Crippen molar-refractivity contribution in [2.45, 2.75) is 52.6 Å². The van der Waals surface area contributed by atoms with Gasteiger partial charge in [-0.05, 0) is 62.1 Å². The predicted molar refractivity (Wildman–Crippen MR) is 120 cm³/mol. The lowest BCUT2D eigenvalue weighted by atomic mass is 9.97. The third-order valence-electron chi connectivity index (χ3n) is 4.94. The van der Waals surface area contributed by atoms with Crippen LogP contribution in [0.25, 0.3) is 0 Å². The van der Waals surface area contributed by atoms with E-state index >= 15 is 0 Å². The van der Waals surface area contributed by atoms with Gasteiger partial charge in [-0.25, -0.2) is 8.42 Å². The molecule has 5 nitrogen and oxygen atoms in total. The number of carbonyl (C=O) groups excluding carboxylic acids is 1. The van der Waals surface area contributed by atoms with Gasteiger partial charge < -0.3 is 5.32 Å². The molecule has 1 N–H and O–H groups in total. The van der Waals surface area contributed by atoms with Crippen LogP contribution in [0.1, 0.15) is 49.4 Å². The lowest BCUT2D eigenvalue weighted by Crippen LogP contribution is -2.50. The summed E-state index contributed by atoms with van der Waals surface area (Å²) in [6.07, 6.45) is 2.15. The number of benzene rings is 2. The average Bonchev–Trinajstić information content (AvgIpc) is 2.64. The number of carbonyl (C=O) groups is 1. The molecule has 0 saturated heterocycles. The van der Waals surface area contributed by atoms with Gasteiger partial charge in [-0.1, -0.05) is 49.2 Å². The van der Waals surface area contributed by atoms with E-state index in [4.69, 9.17) is 11.6 Å². The van der Waals surface area contributed by atoms with Crippen LogP contribution in [-0.4, -0.2) is 26.6 Å². The Bertz CT molecular complexity index is 959. The number of nitrogens with one attached hydrogen (secondary N) is 1. The van der Waals surface area contributed by atoms with Crippen LogP contribution < -0.4 is 9.62 Å². The van der Waals surface area contributed by atoms with Crippen molar-refractivity contribution >= 4 is 33.2 Å². The van der Waals surface area contributed by atoms with E-state index in [2.05, 4.69) is 11.4 Å². The maximum absolute atomic E-state index is 13.2. The summed E-state index contributed by atoms with van der Waals surface area (Å²) in [4.78, 5) is 13.2. The van der Waals surface area contributed by atoms with Crippen molar-refractivity contribution in [1.29, 1.82) is 0 Å². The Labute approximate surface area is 179 Å².